The number of fused-ring (bicyclic) bond motifs is 3. The van der Waals surface area contributed by atoms with Crippen LogP contribution in [0, 0.1) is 11.6 Å². The smallest absolute Gasteiger partial charge is 0.283 e. The predicted molar refractivity (Wildman–Crippen MR) is 143 cm³/mol. The van der Waals surface area contributed by atoms with E-state index in [1.165, 1.54) is 24.1 Å². The van der Waals surface area contributed by atoms with Crippen molar-refractivity contribution in [3.63, 3.8) is 0 Å². The summed E-state index contributed by atoms with van der Waals surface area (Å²) in [4.78, 5) is 11.6. The van der Waals surface area contributed by atoms with Gasteiger partial charge in [-0.25, -0.2) is 17.6 Å². The average Bonchev–Trinajstić information content (AvgIpc) is 3.24. The van der Waals surface area contributed by atoms with Crippen LogP contribution in [-0.2, 0) is 11.3 Å². The van der Waals surface area contributed by atoms with Gasteiger partial charge in [0.1, 0.15) is 18.2 Å². The fourth-order valence-corrected chi connectivity index (χ4v) is 5.90. The van der Waals surface area contributed by atoms with Crippen molar-refractivity contribution >= 4 is 22.3 Å². The van der Waals surface area contributed by atoms with E-state index >= 15 is 8.78 Å². The zero-order chi connectivity index (χ0) is 28.6. The Labute approximate surface area is 229 Å². The standard InChI is InChI=1S/C28H34F5N5O2/c1-16-8-21-20-9-17(36-40-2)4-5-24(20)35-26(21)27(38(16)14-28(32,33)15-39)25-22(30)10-18(11-23(25)31)34-19-12-37(13-19)7-3-6-29/h4-5,9-11,16,19,27,34-36,39H,3,6-8,12-15H2,1-2H3/t16-,27-/m1/s1. The van der Waals surface area contributed by atoms with Crippen LogP contribution >= 0.6 is 0 Å². The first-order valence-corrected chi connectivity index (χ1v) is 13.4. The van der Waals surface area contributed by atoms with Gasteiger partial charge < -0.3 is 15.4 Å². The molecule has 2 aliphatic heterocycles. The summed E-state index contributed by atoms with van der Waals surface area (Å²) in [6, 6.07) is 6.04. The minimum absolute atomic E-state index is 0.0334. The number of nitrogens with one attached hydrogen (secondary N) is 3. The Hall–Kier alpha value is -2.93. The van der Waals surface area contributed by atoms with E-state index in [1.807, 2.05) is 11.0 Å². The Bertz CT molecular complexity index is 1320. The molecular weight excluding hydrogens is 533 g/mol. The quantitative estimate of drug-likeness (QED) is 0.196. The number of alkyl halides is 3. The van der Waals surface area contributed by atoms with E-state index in [1.54, 1.807) is 19.1 Å². The van der Waals surface area contributed by atoms with Gasteiger partial charge in [0.15, 0.2) is 0 Å². The van der Waals surface area contributed by atoms with Gasteiger partial charge in [0.2, 0.25) is 0 Å². The molecule has 2 aromatic carbocycles. The molecule has 1 saturated heterocycles. The normalized spacial score (nSPS) is 20.5. The molecule has 5 rings (SSSR count). The molecule has 7 nitrogen and oxygen atoms in total. The van der Waals surface area contributed by atoms with Gasteiger partial charge in [-0.15, -0.1) is 0 Å². The molecule has 0 bridgehead atoms. The van der Waals surface area contributed by atoms with Crippen molar-refractivity contribution in [1.82, 2.24) is 14.8 Å². The molecule has 2 aliphatic rings. The lowest BCUT2D eigenvalue weighted by Crippen LogP contribution is -2.54. The Morgan fingerprint density at radius 3 is 2.50 bits per heavy atom. The highest BCUT2D eigenvalue weighted by molar-refractivity contribution is 5.88. The second-order valence-corrected chi connectivity index (χ2v) is 10.7. The van der Waals surface area contributed by atoms with Crippen LogP contribution in [0.2, 0.25) is 0 Å². The molecule has 2 atom stereocenters. The number of aliphatic hydroxyl groups is 1. The number of H-pyrrole nitrogens is 1. The molecule has 218 valence electrons. The van der Waals surface area contributed by atoms with Crippen molar-refractivity contribution in [2.24, 2.45) is 0 Å². The number of halogens is 5. The largest absolute Gasteiger partial charge is 0.390 e. The van der Waals surface area contributed by atoms with E-state index in [4.69, 9.17) is 4.84 Å². The molecule has 40 heavy (non-hydrogen) atoms. The molecule has 1 fully saturated rings. The summed E-state index contributed by atoms with van der Waals surface area (Å²) in [7, 11) is 1.48. The fraction of sp³-hybridized carbons (Fsp3) is 0.500. The third-order valence-corrected chi connectivity index (χ3v) is 7.76. The molecule has 0 radical (unpaired) electrons. The second-order valence-electron chi connectivity index (χ2n) is 10.7. The third-order valence-electron chi connectivity index (χ3n) is 7.76. The molecular formula is C28H34F5N5O2. The number of benzene rings is 2. The van der Waals surface area contributed by atoms with Crippen molar-refractivity contribution < 1.29 is 31.9 Å². The highest BCUT2D eigenvalue weighted by atomic mass is 19.3. The van der Waals surface area contributed by atoms with Crippen LogP contribution in [0.3, 0.4) is 0 Å². The Morgan fingerprint density at radius 1 is 1.12 bits per heavy atom. The van der Waals surface area contributed by atoms with Crippen LogP contribution in [0.4, 0.5) is 33.3 Å². The van der Waals surface area contributed by atoms with E-state index < -0.39 is 49.5 Å². The van der Waals surface area contributed by atoms with Crippen molar-refractivity contribution in [1.29, 1.82) is 0 Å². The third kappa shape index (κ3) is 5.63. The number of rotatable bonds is 11. The summed E-state index contributed by atoms with van der Waals surface area (Å²) < 4.78 is 73.1. The zero-order valence-corrected chi connectivity index (χ0v) is 22.4. The molecule has 3 heterocycles. The van der Waals surface area contributed by atoms with E-state index in [0.29, 0.717) is 49.4 Å². The van der Waals surface area contributed by atoms with Gasteiger partial charge in [-0.3, -0.25) is 24.5 Å². The van der Waals surface area contributed by atoms with Crippen LogP contribution in [-0.4, -0.2) is 84.5 Å². The van der Waals surface area contributed by atoms with Crippen LogP contribution in [0.5, 0.6) is 0 Å². The summed E-state index contributed by atoms with van der Waals surface area (Å²) in [5.74, 6) is -5.20. The van der Waals surface area contributed by atoms with Crippen LogP contribution in [0.1, 0.15) is 36.2 Å². The van der Waals surface area contributed by atoms with Crippen molar-refractivity contribution in [2.75, 3.05) is 57.4 Å². The minimum Gasteiger partial charge on any atom is -0.390 e. The van der Waals surface area contributed by atoms with E-state index in [9.17, 15) is 18.3 Å². The maximum absolute atomic E-state index is 15.8. The number of likely N-dealkylation sites (tertiary alicyclic amines) is 1. The predicted octanol–water partition coefficient (Wildman–Crippen LogP) is 4.84. The molecule has 1 aromatic heterocycles. The van der Waals surface area contributed by atoms with Gasteiger partial charge in [0.25, 0.3) is 5.92 Å². The number of hydrogen-bond donors (Lipinski definition) is 4. The summed E-state index contributed by atoms with van der Waals surface area (Å²) in [5, 5.41) is 13.2. The Balaban J connectivity index is 1.52. The molecule has 0 amide bonds. The lowest BCUT2D eigenvalue weighted by atomic mass is 9.87. The summed E-state index contributed by atoms with van der Waals surface area (Å²) in [5.41, 5.74) is 5.24. The first-order valence-electron chi connectivity index (χ1n) is 13.4. The number of hydrogen-bond acceptors (Lipinski definition) is 6. The second kappa shape index (κ2) is 11.5. The van der Waals surface area contributed by atoms with Gasteiger partial charge in [0.05, 0.1) is 38.1 Å². The van der Waals surface area contributed by atoms with Crippen LogP contribution < -0.4 is 10.8 Å². The van der Waals surface area contributed by atoms with E-state index in [-0.39, 0.29) is 17.3 Å². The number of anilines is 2. The zero-order valence-electron chi connectivity index (χ0n) is 22.4. The van der Waals surface area contributed by atoms with E-state index in [0.717, 1.165) is 10.9 Å². The average molecular weight is 568 g/mol. The minimum atomic E-state index is -3.47. The van der Waals surface area contributed by atoms with Crippen LogP contribution in [0.15, 0.2) is 30.3 Å². The Kier molecular flexibility index (Phi) is 8.23. The van der Waals surface area contributed by atoms with Gasteiger partial charge >= 0.3 is 0 Å². The maximum atomic E-state index is 15.8. The van der Waals surface area contributed by atoms with Crippen molar-refractivity contribution in [3.8, 4) is 0 Å². The summed E-state index contributed by atoms with van der Waals surface area (Å²) in [6.45, 7) is 0.969. The van der Waals surface area contributed by atoms with Crippen molar-refractivity contribution in [2.45, 2.75) is 43.8 Å². The molecule has 0 unspecified atom stereocenters. The lowest BCUT2D eigenvalue weighted by Gasteiger charge is -2.42. The van der Waals surface area contributed by atoms with Gasteiger partial charge in [-0.05, 0) is 55.7 Å². The summed E-state index contributed by atoms with van der Waals surface area (Å²) >= 11 is 0. The first-order chi connectivity index (χ1) is 19.1. The number of aliphatic hydroxyl groups excluding tert-OH is 1. The van der Waals surface area contributed by atoms with Gasteiger partial charge in [-0.2, -0.15) is 0 Å². The number of aromatic nitrogens is 1. The Morgan fingerprint density at radius 2 is 1.85 bits per heavy atom. The van der Waals surface area contributed by atoms with Crippen LogP contribution in [0.25, 0.3) is 10.9 Å². The summed E-state index contributed by atoms with van der Waals surface area (Å²) in [6.07, 6.45) is 0.795. The van der Waals surface area contributed by atoms with E-state index in [2.05, 4.69) is 15.8 Å². The highest BCUT2D eigenvalue weighted by Crippen LogP contribution is 2.44. The molecule has 0 spiro atoms. The number of aromatic amines is 1. The highest BCUT2D eigenvalue weighted by Gasteiger charge is 2.43. The van der Waals surface area contributed by atoms with Crippen molar-refractivity contribution in [3.05, 3.63) is 58.8 Å². The molecule has 0 saturated carbocycles. The fourth-order valence-electron chi connectivity index (χ4n) is 5.90. The topological polar surface area (TPSA) is 75.8 Å². The molecule has 0 aliphatic carbocycles. The van der Waals surface area contributed by atoms with Gasteiger partial charge in [0, 0.05) is 53.5 Å². The molecule has 3 aromatic rings. The SMILES string of the molecule is CONc1ccc2[nH]c3c(c2c1)C[C@@H](C)N(CC(F)(F)CO)[C@@H]3c1c(F)cc(NC2CN(CCCF)C2)cc1F. The van der Waals surface area contributed by atoms with Gasteiger partial charge in [-0.1, -0.05) is 0 Å². The maximum Gasteiger partial charge on any atom is 0.283 e. The molecule has 12 heteroatoms. The monoisotopic (exact) mass is 567 g/mol. The first kappa shape index (κ1) is 28.6. The molecule has 4 N–H and O–H groups in total. The number of nitrogens with zero attached hydrogens (tertiary/aromatic N) is 2. The lowest BCUT2D eigenvalue weighted by molar-refractivity contribution is -0.0869.